The SMILES string of the molecule is C[N-]n1c(C)nc(Br)c1C(N)=O.[K+]. The summed E-state index contributed by atoms with van der Waals surface area (Å²) in [6, 6.07) is 0. The van der Waals surface area contributed by atoms with Crippen LogP contribution in [-0.4, -0.2) is 22.6 Å². The van der Waals surface area contributed by atoms with Crippen LogP contribution >= 0.6 is 15.9 Å². The van der Waals surface area contributed by atoms with Gasteiger partial charge in [0.25, 0.3) is 5.91 Å². The second kappa shape index (κ2) is 5.47. The van der Waals surface area contributed by atoms with Crippen molar-refractivity contribution in [1.29, 1.82) is 0 Å². The summed E-state index contributed by atoms with van der Waals surface area (Å²) in [7, 11) is 1.56. The first-order valence-corrected chi connectivity index (χ1v) is 4.02. The molecule has 2 N–H and O–H groups in total. The number of hydrogen-bond donors (Lipinski definition) is 1. The van der Waals surface area contributed by atoms with Crippen molar-refractivity contribution < 1.29 is 56.2 Å². The van der Waals surface area contributed by atoms with E-state index in [-0.39, 0.29) is 57.1 Å². The van der Waals surface area contributed by atoms with E-state index in [2.05, 4.69) is 26.3 Å². The molecule has 1 heterocycles. The van der Waals surface area contributed by atoms with Crippen LogP contribution in [0.3, 0.4) is 0 Å². The van der Waals surface area contributed by atoms with Crippen molar-refractivity contribution in [2.24, 2.45) is 5.73 Å². The van der Waals surface area contributed by atoms with Crippen LogP contribution in [0, 0.1) is 6.92 Å². The zero-order valence-electron chi connectivity index (χ0n) is 7.71. The Kier molecular flexibility index (Phi) is 5.72. The van der Waals surface area contributed by atoms with Crippen LogP contribution in [0.5, 0.6) is 0 Å². The third-order valence-electron chi connectivity index (χ3n) is 1.41. The fourth-order valence-electron chi connectivity index (χ4n) is 0.942. The Hall–Kier alpha value is 0.596. The zero-order chi connectivity index (χ0) is 9.30. The molecule has 0 saturated heterocycles. The molecule has 1 aromatic heterocycles. The predicted octanol–water partition coefficient (Wildman–Crippen LogP) is -2.18. The Morgan fingerprint density at radius 1 is 1.69 bits per heavy atom. The maximum atomic E-state index is 10.9. The summed E-state index contributed by atoms with van der Waals surface area (Å²) >= 11 is 3.12. The molecule has 0 unspecified atom stereocenters. The second-order valence-electron chi connectivity index (χ2n) is 2.17. The molecule has 7 heteroatoms. The first-order valence-electron chi connectivity index (χ1n) is 3.22. The van der Waals surface area contributed by atoms with E-state index in [4.69, 9.17) is 5.73 Å². The van der Waals surface area contributed by atoms with E-state index in [1.165, 1.54) is 4.68 Å². The van der Waals surface area contributed by atoms with Gasteiger partial charge in [-0.15, -0.1) is 7.05 Å². The van der Waals surface area contributed by atoms with Crippen LogP contribution in [0.15, 0.2) is 4.60 Å². The van der Waals surface area contributed by atoms with E-state index < -0.39 is 5.91 Å². The Morgan fingerprint density at radius 2 is 2.23 bits per heavy atom. The van der Waals surface area contributed by atoms with E-state index in [9.17, 15) is 4.79 Å². The number of imidazole rings is 1. The van der Waals surface area contributed by atoms with Gasteiger partial charge in [-0.1, -0.05) is 0 Å². The largest absolute Gasteiger partial charge is 1.00 e. The topological polar surface area (TPSA) is 75.0 Å². The maximum absolute atomic E-state index is 10.9. The van der Waals surface area contributed by atoms with Crippen molar-refractivity contribution in [2.75, 3.05) is 7.05 Å². The molecule has 1 rings (SSSR count). The summed E-state index contributed by atoms with van der Waals surface area (Å²) < 4.78 is 1.82. The number of nitrogens with two attached hydrogens (primary N) is 1. The molecule has 0 bridgehead atoms. The number of aromatic nitrogens is 2. The molecule has 0 spiro atoms. The predicted molar refractivity (Wildman–Crippen MR) is 47.9 cm³/mol. The molecule has 0 fully saturated rings. The summed E-state index contributed by atoms with van der Waals surface area (Å²) in [5.74, 6) is 0.0752. The first kappa shape index (κ1) is 13.6. The van der Waals surface area contributed by atoms with Crippen LogP contribution in [0.25, 0.3) is 5.43 Å². The number of amides is 1. The van der Waals surface area contributed by atoms with Gasteiger partial charge in [0.2, 0.25) is 0 Å². The van der Waals surface area contributed by atoms with E-state index in [0.29, 0.717) is 10.4 Å². The molecule has 0 aromatic carbocycles. The van der Waals surface area contributed by atoms with Crippen LogP contribution in [0.2, 0.25) is 0 Å². The van der Waals surface area contributed by atoms with Crippen LogP contribution < -0.4 is 57.1 Å². The smallest absolute Gasteiger partial charge is 0.618 e. The normalized spacial score (nSPS) is 9.15. The minimum absolute atomic E-state index is 0. The number of primary amides is 1. The fraction of sp³-hybridized carbons (Fsp3) is 0.333. The van der Waals surface area contributed by atoms with Crippen molar-refractivity contribution in [3.8, 4) is 0 Å². The number of aryl methyl sites for hydroxylation is 1. The number of rotatable bonds is 2. The van der Waals surface area contributed by atoms with E-state index >= 15 is 0 Å². The van der Waals surface area contributed by atoms with Crippen molar-refractivity contribution in [2.45, 2.75) is 6.92 Å². The molecule has 0 atom stereocenters. The van der Waals surface area contributed by atoms with Gasteiger partial charge in [-0.3, -0.25) is 4.79 Å². The third-order valence-corrected chi connectivity index (χ3v) is 1.96. The van der Waals surface area contributed by atoms with Crippen LogP contribution in [-0.2, 0) is 0 Å². The molecule has 0 aliphatic rings. The summed E-state index contributed by atoms with van der Waals surface area (Å²) in [4.78, 5) is 14.9. The molecule has 5 nitrogen and oxygen atoms in total. The number of halogens is 1. The third kappa shape index (κ3) is 2.77. The molecule has 0 aliphatic heterocycles. The molecular formula is C6H8BrKN4O. The average Bonchev–Trinajstić information content (AvgIpc) is 2.24. The van der Waals surface area contributed by atoms with Crippen molar-refractivity contribution in [1.82, 2.24) is 9.66 Å². The van der Waals surface area contributed by atoms with E-state index in [1.807, 2.05) is 0 Å². The van der Waals surface area contributed by atoms with Gasteiger partial charge < -0.3 is 15.8 Å². The number of hydrogen-bond acceptors (Lipinski definition) is 2. The van der Waals surface area contributed by atoms with Crippen molar-refractivity contribution >= 4 is 21.8 Å². The Balaban J connectivity index is 0.00000144. The molecule has 0 radical (unpaired) electrons. The van der Waals surface area contributed by atoms with Crippen molar-refractivity contribution in [3.05, 3.63) is 21.5 Å². The van der Waals surface area contributed by atoms with Gasteiger partial charge in [0.05, 0.1) is 5.82 Å². The summed E-state index contributed by atoms with van der Waals surface area (Å²) in [6.45, 7) is 1.74. The Labute approximate surface area is 127 Å². The molecular weight excluding hydrogens is 263 g/mol. The van der Waals surface area contributed by atoms with Gasteiger partial charge in [0.1, 0.15) is 10.3 Å². The second-order valence-corrected chi connectivity index (χ2v) is 2.93. The van der Waals surface area contributed by atoms with Gasteiger partial charge >= 0.3 is 51.4 Å². The minimum atomic E-state index is -0.548. The van der Waals surface area contributed by atoms with Crippen molar-refractivity contribution in [3.63, 3.8) is 0 Å². The van der Waals surface area contributed by atoms with Gasteiger partial charge in [-0.25, -0.2) is 4.98 Å². The molecule has 66 valence electrons. The standard InChI is InChI=1S/C6H8BrN4O.K/c1-3-10-5(7)4(6(8)12)11(3)9-2;/h1-2H3,(H2,8,12);/q-1;+1. The monoisotopic (exact) mass is 270 g/mol. The molecule has 0 saturated carbocycles. The Morgan fingerprint density at radius 3 is 2.54 bits per heavy atom. The van der Waals surface area contributed by atoms with Gasteiger partial charge in [0.15, 0.2) is 0 Å². The molecule has 0 aliphatic carbocycles. The Bertz CT molecular complexity index is 325. The van der Waals surface area contributed by atoms with Gasteiger partial charge in [-0.2, -0.15) is 0 Å². The summed E-state index contributed by atoms with van der Waals surface area (Å²) in [6.07, 6.45) is 0. The van der Waals surface area contributed by atoms with Crippen LogP contribution in [0.1, 0.15) is 16.3 Å². The first-order chi connectivity index (χ1) is 5.57. The zero-order valence-corrected chi connectivity index (χ0v) is 12.4. The van der Waals surface area contributed by atoms with E-state index in [0.717, 1.165) is 0 Å². The van der Waals surface area contributed by atoms with Crippen LogP contribution in [0.4, 0.5) is 0 Å². The summed E-state index contributed by atoms with van der Waals surface area (Å²) in [5.41, 5.74) is 9.22. The summed E-state index contributed by atoms with van der Waals surface area (Å²) in [5, 5.41) is 0. The maximum Gasteiger partial charge on any atom is 1.00 e. The number of carbonyl (C=O) groups is 1. The fourth-order valence-corrected chi connectivity index (χ4v) is 1.56. The minimum Gasteiger partial charge on any atom is -0.618 e. The molecule has 1 aromatic rings. The number of nitrogens with zero attached hydrogens (tertiary/aromatic N) is 3. The quantitative estimate of drug-likeness (QED) is 0.621. The van der Waals surface area contributed by atoms with E-state index in [1.54, 1.807) is 14.0 Å². The van der Waals surface area contributed by atoms with Gasteiger partial charge in [0, 0.05) is 0 Å². The number of carbonyl (C=O) groups excluding carboxylic acids is 1. The molecule has 13 heavy (non-hydrogen) atoms. The molecule has 1 amide bonds. The van der Waals surface area contributed by atoms with Gasteiger partial charge in [-0.05, 0) is 22.9 Å². The average molecular weight is 271 g/mol.